The first kappa shape index (κ1) is 16.2. The number of hydrogen-bond donors (Lipinski definition) is 2. The van der Waals surface area contributed by atoms with Crippen LogP contribution in [0, 0.1) is 13.8 Å². The lowest BCUT2D eigenvalue weighted by Gasteiger charge is -2.10. The summed E-state index contributed by atoms with van der Waals surface area (Å²) in [5, 5.41) is 5.89. The Morgan fingerprint density at radius 2 is 2.09 bits per heavy atom. The van der Waals surface area contributed by atoms with E-state index in [1.165, 1.54) is 0 Å². The summed E-state index contributed by atoms with van der Waals surface area (Å²) in [6.07, 6.45) is 1.62. The van der Waals surface area contributed by atoms with E-state index < -0.39 is 0 Å². The molecule has 1 aromatic carbocycles. The van der Waals surface area contributed by atoms with Crippen molar-refractivity contribution in [2.24, 2.45) is 0 Å². The third-order valence-corrected chi connectivity index (χ3v) is 3.52. The monoisotopic (exact) mass is 360 g/mol. The fourth-order valence-electron chi connectivity index (χ4n) is 1.86. The van der Waals surface area contributed by atoms with Gasteiger partial charge in [-0.2, -0.15) is 0 Å². The standard InChI is InChI=1S/C16H17BrN4O/c1-4-7-18-16(22)14-9-15(20-11(3)19-14)21-13-6-5-10(2)8-12(13)17/h4-6,8-9H,1,7H2,2-3H3,(H,18,22)(H,19,20,21). The van der Waals surface area contributed by atoms with E-state index in [1.807, 2.05) is 25.1 Å². The number of halogens is 1. The van der Waals surface area contributed by atoms with E-state index in [2.05, 4.69) is 43.1 Å². The lowest BCUT2D eigenvalue weighted by Crippen LogP contribution is -2.24. The summed E-state index contributed by atoms with van der Waals surface area (Å²) in [7, 11) is 0. The fraction of sp³-hybridized carbons (Fsp3) is 0.188. The largest absolute Gasteiger partial charge is 0.347 e. The van der Waals surface area contributed by atoms with Gasteiger partial charge in [0.2, 0.25) is 0 Å². The predicted molar refractivity (Wildman–Crippen MR) is 91.5 cm³/mol. The molecule has 2 N–H and O–H groups in total. The van der Waals surface area contributed by atoms with Gasteiger partial charge < -0.3 is 10.6 Å². The molecule has 0 aliphatic rings. The first-order valence-electron chi connectivity index (χ1n) is 6.77. The third-order valence-electron chi connectivity index (χ3n) is 2.86. The maximum absolute atomic E-state index is 12.0. The molecule has 0 fully saturated rings. The Kier molecular flexibility index (Phi) is 5.27. The van der Waals surface area contributed by atoms with Crippen molar-refractivity contribution in [3.8, 4) is 0 Å². The molecule has 2 rings (SSSR count). The van der Waals surface area contributed by atoms with Gasteiger partial charge in [-0.15, -0.1) is 6.58 Å². The number of aromatic nitrogens is 2. The van der Waals surface area contributed by atoms with Crippen LogP contribution in [0.25, 0.3) is 0 Å². The number of benzene rings is 1. The van der Waals surface area contributed by atoms with Gasteiger partial charge >= 0.3 is 0 Å². The Morgan fingerprint density at radius 1 is 1.32 bits per heavy atom. The zero-order chi connectivity index (χ0) is 16.1. The van der Waals surface area contributed by atoms with Crippen LogP contribution in [0.1, 0.15) is 21.9 Å². The third kappa shape index (κ3) is 4.14. The van der Waals surface area contributed by atoms with Gasteiger partial charge in [-0.1, -0.05) is 12.1 Å². The highest BCUT2D eigenvalue weighted by Gasteiger charge is 2.10. The van der Waals surface area contributed by atoms with Crippen LogP contribution >= 0.6 is 15.9 Å². The van der Waals surface area contributed by atoms with E-state index in [-0.39, 0.29) is 5.91 Å². The first-order chi connectivity index (χ1) is 10.5. The molecule has 22 heavy (non-hydrogen) atoms. The smallest absolute Gasteiger partial charge is 0.270 e. The summed E-state index contributed by atoms with van der Waals surface area (Å²) >= 11 is 3.51. The number of rotatable bonds is 5. The highest BCUT2D eigenvalue weighted by Crippen LogP contribution is 2.26. The Morgan fingerprint density at radius 3 is 2.77 bits per heavy atom. The molecule has 0 atom stereocenters. The number of nitrogens with zero attached hydrogens (tertiary/aromatic N) is 2. The van der Waals surface area contributed by atoms with E-state index in [0.717, 1.165) is 15.7 Å². The average Bonchev–Trinajstić information content (AvgIpc) is 2.47. The maximum Gasteiger partial charge on any atom is 0.270 e. The Labute approximate surface area is 138 Å². The SMILES string of the molecule is C=CCNC(=O)c1cc(Nc2ccc(C)cc2Br)nc(C)n1. The Balaban J connectivity index is 2.26. The highest BCUT2D eigenvalue weighted by molar-refractivity contribution is 9.10. The molecule has 2 aromatic rings. The molecule has 0 unspecified atom stereocenters. The molecule has 0 saturated heterocycles. The minimum absolute atomic E-state index is 0.253. The second kappa shape index (κ2) is 7.17. The lowest BCUT2D eigenvalue weighted by atomic mass is 10.2. The normalized spacial score (nSPS) is 10.1. The summed E-state index contributed by atoms with van der Waals surface area (Å²) < 4.78 is 0.932. The summed E-state index contributed by atoms with van der Waals surface area (Å²) in [6.45, 7) is 7.73. The molecule has 6 heteroatoms. The van der Waals surface area contributed by atoms with Crippen LogP contribution in [-0.2, 0) is 0 Å². The van der Waals surface area contributed by atoms with Gasteiger partial charge in [-0.3, -0.25) is 4.79 Å². The van der Waals surface area contributed by atoms with E-state index in [0.29, 0.717) is 23.9 Å². The van der Waals surface area contributed by atoms with Gasteiger partial charge in [0.05, 0.1) is 5.69 Å². The van der Waals surface area contributed by atoms with Crippen molar-refractivity contribution < 1.29 is 4.79 Å². The van der Waals surface area contributed by atoms with Crippen molar-refractivity contribution in [2.45, 2.75) is 13.8 Å². The number of nitrogens with one attached hydrogen (secondary N) is 2. The molecule has 0 aliphatic heterocycles. The summed E-state index contributed by atoms with van der Waals surface area (Å²) in [5.41, 5.74) is 2.35. The summed E-state index contributed by atoms with van der Waals surface area (Å²) in [6, 6.07) is 7.58. The van der Waals surface area contributed by atoms with E-state index in [1.54, 1.807) is 19.1 Å². The van der Waals surface area contributed by atoms with E-state index in [4.69, 9.17) is 0 Å². The van der Waals surface area contributed by atoms with Crippen LogP contribution < -0.4 is 10.6 Å². The first-order valence-corrected chi connectivity index (χ1v) is 7.57. The van der Waals surface area contributed by atoms with Gasteiger partial charge in [-0.05, 0) is 47.5 Å². The van der Waals surface area contributed by atoms with Crippen molar-refractivity contribution in [3.63, 3.8) is 0 Å². The van der Waals surface area contributed by atoms with Gasteiger partial charge in [0.25, 0.3) is 5.91 Å². The van der Waals surface area contributed by atoms with Gasteiger partial charge in [0.15, 0.2) is 0 Å². The molecule has 1 aromatic heterocycles. The van der Waals surface area contributed by atoms with Crippen LogP contribution in [0.5, 0.6) is 0 Å². The zero-order valence-corrected chi connectivity index (χ0v) is 14.1. The van der Waals surface area contributed by atoms with Crippen LogP contribution in [0.3, 0.4) is 0 Å². The molecule has 0 aliphatic carbocycles. The number of carbonyl (C=O) groups excluding carboxylic acids is 1. The molecule has 1 amide bonds. The molecule has 0 bridgehead atoms. The minimum Gasteiger partial charge on any atom is -0.347 e. The van der Waals surface area contributed by atoms with Gasteiger partial charge in [-0.25, -0.2) is 9.97 Å². The Bertz CT molecular complexity index is 715. The van der Waals surface area contributed by atoms with Crippen LogP contribution in [-0.4, -0.2) is 22.4 Å². The second-order valence-electron chi connectivity index (χ2n) is 4.79. The van der Waals surface area contributed by atoms with Crippen LogP contribution in [0.2, 0.25) is 0 Å². The summed E-state index contributed by atoms with van der Waals surface area (Å²) in [5.74, 6) is 0.842. The van der Waals surface area contributed by atoms with Crippen molar-refractivity contribution in [2.75, 3.05) is 11.9 Å². The highest BCUT2D eigenvalue weighted by atomic mass is 79.9. The second-order valence-corrected chi connectivity index (χ2v) is 5.65. The van der Waals surface area contributed by atoms with Crippen molar-refractivity contribution in [1.82, 2.24) is 15.3 Å². The molecule has 0 saturated carbocycles. The van der Waals surface area contributed by atoms with Crippen LogP contribution in [0.4, 0.5) is 11.5 Å². The number of anilines is 2. The van der Waals surface area contributed by atoms with Crippen molar-refractivity contribution >= 4 is 33.3 Å². The van der Waals surface area contributed by atoms with Gasteiger partial charge in [0.1, 0.15) is 17.3 Å². The van der Waals surface area contributed by atoms with Crippen LogP contribution in [0.15, 0.2) is 41.4 Å². The van der Waals surface area contributed by atoms with Crippen molar-refractivity contribution in [1.29, 1.82) is 0 Å². The Hall–Kier alpha value is -2.21. The molecule has 0 radical (unpaired) electrons. The minimum atomic E-state index is -0.253. The molecule has 5 nitrogen and oxygen atoms in total. The van der Waals surface area contributed by atoms with E-state index in [9.17, 15) is 4.79 Å². The molecular formula is C16H17BrN4O. The molecule has 114 valence electrons. The fourth-order valence-corrected chi connectivity index (χ4v) is 2.46. The lowest BCUT2D eigenvalue weighted by molar-refractivity contribution is 0.0952. The number of amides is 1. The average molecular weight is 361 g/mol. The number of hydrogen-bond acceptors (Lipinski definition) is 4. The van der Waals surface area contributed by atoms with Gasteiger partial charge in [0, 0.05) is 17.1 Å². The predicted octanol–water partition coefficient (Wildman–Crippen LogP) is 3.52. The topological polar surface area (TPSA) is 66.9 Å². The molecule has 0 spiro atoms. The number of aryl methyl sites for hydroxylation is 2. The zero-order valence-electron chi connectivity index (χ0n) is 12.5. The van der Waals surface area contributed by atoms with E-state index >= 15 is 0 Å². The number of carbonyl (C=O) groups is 1. The quantitative estimate of drug-likeness (QED) is 0.800. The summed E-state index contributed by atoms with van der Waals surface area (Å²) in [4.78, 5) is 20.5. The molecular weight excluding hydrogens is 344 g/mol. The van der Waals surface area contributed by atoms with Crippen molar-refractivity contribution in [3.05, 3.63) is 58.5 Å². The molecule has 1 heterocycles. The maximum atomic E-state index is 12.0.